The van der Waals surface area contributed by atoms with Crippen LogP contribution in [-0.2, 0) is 0 Å². The van der Waals surface area contributed by atoms with Crippen LogP contribution in [-0.4, -0.2) is 53.8 Å². The standard InChI is InChI=1S/C19H25N5O/c1-13-12-17(20-10-11-23(3)4)24-19(21-13)18(14(2)22-24)15-6-8-16(25-5)9-7-15/h6-9,12,20H,10-11H2,1-5H3. The van der Waals surface area contributed by atoms with E-state index in [1.54, 1.807) is 7.11 Å². The minimum Gasteiger partial charge on any atom is -0.497 e. The molecule has 0 spiro atoms. The highest BCUT2D eigenvalue weighted by Gasteiger charge is 2.16. The van der Waals surface area contributed by atoms with E-state index >= 15 is 0 Å². The smallest absolute Gasteiger partial charge is 0.165 e. The maximum Gasteiger partial charge on any atom is 0.165 e. The lowest BCUT2D eigenvalue weighted by molar-refractivity contribution is 0.415. The quantitative estimate of drug-likeness (QED) is 0.748. The normalized spacial score (nSPS) is 11.3. The number of benzene rings is 1. The Morgan fingerprint density at radius 1 is 1.16 bits per heavy atom. The molecule has 1 aromatic carbocycles. The van der Waals surface area contributed by atoms with Gasteiger partial charge in [0, 0.05) is 30.4 Å². The zero-order valence-corrected chi connectivity index (χ0v) is 15.5. The molecule has 0 aliphatic heterocycles. The molecule has 3 aromatic rings. The minimum atomic E-state index is 0.841. The van der Waals surface area contributed by atoms with Crippen molar-refractivity contribution in [1.29, 1.82) is 0 Å². The van der Waals surface area contributed by atoms with E-state index in [4.69, 9.17) is 14.8 Å². The highest BCUT2D eigenvalue weighted by Crippen LogP contribution is 2.30. The Balaban J connectivity index is 2.04. The molecular weight excluding hydrogens is 314 g/mol. The van der Waals surface area contributed by atoms with Crippen LogP contribution in [0, 0.1) is 13.8 Å². The highest BCUT2D eigenvalue weighted by molar-refractivity contribution is 5.81. The topological polar surface area (TPSA) is 54.7 Å². The minimum absolute atomic E-state index is 0.841. The van der Waals surface area contributed by atoms with Crippen LogP contribution in [0.4, 0.5) is 5.82 Å². The van der Waals surface area contributed by atoms with Gasteiger partial charge in [-0.05, 0) is 45.6 Å². The van der Waals surface area contributed by atoms with Crippen molar-refractivity contribution < 1.29 is 4.74 Å². The van der Waals surface area contributed by atoms with Crippen LogP contribution in [0.25, 0.3) is 16.8 Å². The number of hydrogen-bond donors (Lipinski definition) is 1. The van der Waals surface area contributed by atoms with Gasteiger partial charge in [0.25, 0.3) is 0 Å². The SMILES string of the molecule is COc1ccc(-c2c(C)nn3c(NCCN(C)C)cc(C)nc23)cc1. The fourth-order valence-electron chi connectivity index (χ4n) is 2.87. The Labute approximate surface area is 148 Å². The summed E-state index contributed by atoms with van der Waals surface area (Å²) in [5.41, 5.74) is 4.94. The molecule has 25 heavy (non-hydrogen) atoms. The Kier molecular flexibility index (Phi) is 4.90. The molecule has 0 radical (unpaired) electrons. The second kappa shape index (κ2) is 7.11. The van der Waals surface area contributed by atoms with E-state index in [1.165, 1.54) is 0 Å². The van der Waals surface area contributed by atoms with Gasteiger partial charge in [0.15, 0.2) is 5.65 Å². The third-order valence-electron chi connectivity index (χ3n) is 4.14. The summed E-state index contributed by atoms with van der Waals surface area (Å²) in [5, 5.41) is 8.19. The van der Waals surface area contributed by atoms with Crippen LogP contribution >= 0.6 is 0 Å². The molecular formula is C19H25N5O. The lowest BCUT2D eigenvalue weighted by atomic mass is 10.1. The molecule has 0 saturated heterocycles. The Morgan fingerprint density at radius 3 is 2.52 bits per heavy atom. The van der Waals surface area contributed by atoms with Crippen LogP contribution in [0.1, 0.15) is 11.4 Å². The number of ether oxygens (including phenoxy) is 1. The zero-order valence-electron chi connectivity index (χ0n) is 15.5. The Hall–Kier alpha value is -2.60. The van der Waals surface area contributed by atoms with Gasteiger partial charge in [-0.2, -0.15) is 9.61 Å². The molecule has 2 aromatic heterocycles. The lowest BCUT2D eigenvalue weighted by Gasteiger charge is -2.13. The van der Waals surface area contributed by atoms with E-state index in [1.807, 2.05) is 48.7 Å². The predicted octanol–water partition coefficient (Wildman–Crippen LogP) is 3.00. The molecule has 0 aliphatic rings. The first-order valence-electron chi connectivity index (χ1n) is 8.39. The first-order valence-corrected chi connectivity index (χ1v) is 8.39. The number of aromatic nitrogens is 3. The summed E-state index contributed by atoms with van der Waals surface area (Å²) in [6.45, 7) is 5.83. The van der Waals surface area contributed by atoms with Crippen LogP contribution in [0.5, 0.6) is 5.75 Å². The number of likely N-dealkylation sites (N-methyl/N-ethyl adjacent to an activating group) is 1. The van der Waals surface area contributed by atoms with Gasteiger partial charge in [0.05, 0.1) is 12.8 Å². The molecule has 6 heteroatoms. The van der Waals surface area contributed by atoms with Crippen molar-refractivity contribution in [1.82, 2.24) is 19.5 Å². The number of aryl methyl sites for hydroxylation is 2. The molecule has 0 atom stereocenters. The number of rotatable bonds is 6. The number of nitrogens with one attached hydrogen (secondary N) is 1. The van der Waals surface area contributed by atoms with E-state index in [2.05, 4.69) is 24.3 Å². The van der Waals surface area contributed by atoms with Gasteiger partial charge in [0.1, 0.15) is 11.6 Å². The Bertz CT molecular complexity index is 868. The number of methoxy groups -OCH3 is 1. The second-order valence-corrected chi connectivity index (χ2v) is 6.44. The second-order valence-electron chi connectivity index (χ2n) is 6.44. The summed E-state index contributed by atoms with van der Waals surface area (Å²) in [5.74, 6) is 1.81. The monoisotopic (exact) mass is 339 g/mol. The van der Waals surface area contributed by atoms with Crippen molar-refractivity contribution in [3.63, 3.8) is 0 Å². The summed E-state index contributed by atoms with van der Waals surface area (Å²) in [6, 6.07) is 10.1. The fourth-order valence-corrected chi connectivity index (χ4v) is 2.87. The summed E-state index contributed by atoms with van der Waals surface area (Å²) in [4.78, 5) is 6.89. The van der Waals surface area contributed by atoms with Gasteiger partial charge < -0.3 is 15.0 Å². The van der Waals surface area contributed by atoms with Crippen LogP contribution in [0.2, 0.25) is 0 Å². The van der Waals surface area contributed by atoms with Gasteiger partial charge in [-0.25, -0.2) is 4.98 Å². The molecule has 0 fully saturated rings. The van der Waals surface area contributed by atoms with E-state index < -0.39 is 0 Å². The van der Waals surface area contributed by atoms with Gasteiger partial charge in [-0.3, -0.25) is 0 Å². The average molecular weight is 339 g/mol. The van der Waals surface area contributed by atoms with Crippen LogP contribution in [0.3, 0.4) is 0 Å². The molecule has 3 rings (SSSR count). The van der Waals surface area contributed by atoms with E-state index in [9.17, 15) is 0 Å². The number of nitrogens with zero attached hydrogens (tertiary/aromatic N) is 4. The summed E-state index contributed by atoms with van der Waals surface area (Å²) in [7, 11) is 5.80. The van der Waals surface area contributed by atoms with Crippen LogP contribution in [0.15, 0.2) is 30.3 Å². The molecule has 1 N–H and O–H groups in total. The summed E-state index contributed by atoms with van der Waals surface area (Å²) < 4.78 is 7.16. The maximum atomic E-state index is 5.26. The predicted molar refractivity (Wildman–Crippen MR) is 101 cm³/mol. The van der Waals surface area contributed by atoms with Crippen molar-refractivity contribution >= 4 is 11.5 Å². The van der Waals surface area contributed by atoms with E-state index in [-0.39, 0.29) is 0 Å². The first-order chi connectivity index (χ1) is 12.0. The van der Waals surface area contributed by atoms with Gasteiger partial charge >= 0.3 is 0 Å². The van der Waals surface area contributed by atoms with E-state index in [0.717, 1.165) is 52.8 Å². The molecule has 0 bridgehead atoms. The fraction of sp³-hybridized carbons (Fsp3) is 0.368. The van der Waals surface area contributed by atoms with Crippen molar-refractivity contribution in [2.75, 3.05) is 39.6 Å². The molecule has 0 saturated carbocycles. The molecule has 2 heterocycles. The number of hydrogen-bond acceptors (Lipinski definition) is 5. The number of anilines is 1. The molecule has 0 unspecified atom stereocenters. The zero-order chi connectivity index (χ0) is 18.0. The Morgan fingerprint density at radius 2 is 1.88 bits per heavy atom. The summed E-state index contributed by atoms with van der Waals surface area (Å²) in [6.07, 6.45) is 0. The van der Waals surface area contributed by atoms with Crippen molar-refractivity contribution in [2.24, 2.45) is 0 Å². The van der Waals surface area contributed by atoms with Gasteiger partial charge in [-0.15, -0.1) is 0 Å². The van der Waals surface area contributed by atoms with Gasteiger partial charge in [0.2, 0.25) is 0 Å². The number of fused-ring (bicyclic) bond motifs is 1. The molecule has 6 nitrogen and oxygen atoms in total. The average Bonchev–Trinajstić information content (AvgIpc) is 2.90. The highest BCUT2D eigenvalue weighted by atomic mass is 16.5. The first kappa shape index (κ1) is 17.2. The summed E-state index contributed by atoms with van der Waals surface area (Å²) >= 11 is 0. The van der Waals surface area contributed by atoms with E-state index in [0.29, 0.717) is 0 Å². The lowest BCUT2D eigenvalue weighted by Crippen LogP contribution is -2.21. The third kappa shape index (κ3) is 3.58. The molecule has 0 amide bonds. The molecule has 132 valence electrons. The van der Waals surface area contributed by atoms with Crippen molar-refractivity contribution in [3.8, 4) is 16.9 Å². The maximum absolute atomic E-state index is 5.26. The van der Waals surface area contributed by atoms with Crippen LogP contribution < -0.4 is 10.1 Å². The van der Waals surface area contributed by atoms with Gasteiger partial charge in [-0.1, -0.05) is 12.1 Å². The van der Waals surface area contributed by atoms with Crippen molar-refractivity contribution in [3.05, 3.63) is 41.7 Å². The largest absolute Gasteiger partial charge is 0.497 e. The van der Waals surface area contributed by atoms with Crippen molar-refractivity contribution in [2.45, 2.75) is 13.8 Å². The molecule has 0 aliphatic carbocycles. The third-order valence-corrected chi connectivity index (χ3v) is 4.14.